The van der Waals surface area contributed by atoms with Crippen LogP contribution < -0.4 is 5.01 Å². The molecule has 0 aliphatic rings. The number of anilines is 1. The summed E-state index contributed by atoms with van der Waals surface area (Å²) in [5, 5.41) is 17.7. The zero-order valence-corrected chi connectivity index (χ0v) is 12.9. The van der Waals surface area contributed by atoms with Crippen molar-refractivity contribution in [2.24, 2.45) is 0 Å². The molecule has 2 aromatic rings. The molecule has 0 amide bonds. The van der Waals surface area contributed by atoms with Crippen LogP contribution in [0.1, 0.15) is 17.3 Å². The van der Waals surface area contributed by atoms with E-state index in [9.17, 15) is 14.4 Å². The molecule has 0 fully saturated rings. The molecule has 2 rings (SSSR count). The van der Waals surface area contributed by atoms with Crippen molar-refractivity contribution in [2.75, 3.05) is 11.6 Å². The molecular formula is C16H17N3O5. The highest BCUT2D eigenvalue weighted by molar-refractivity contribution is 5.89. The van der Waals surface area contributed by atoms with Gasteiger partial charge in [-0.1, -0.05) is 0 Å². The monoisotopic (exact) mass is 331 g/mol. The number of carbonyl (C=O) groups excluding carboxylic acids is 1. The average molecular weight is 331 g/mol. The number of carboxylic acids is 2. The van der Waals surface area contributed by atoms with E-state index >= 15 is 0 Å². The third kappa shape index (κ3) is 6.14. The van der Waals surface area contributed by atoms with E-state index in [1.165, 1.54) is 0 Å². The van der Waals surface area contributed by atoms with Crippen LogP contribution in [0.3, 0.4) is 0 Å². The van der Waals surface area contributed by atoms with Crippen molar-refractivity contribution in [2.45, 2.75) is 6.92 Å². The molecule has 8 heteroatoms. The number of aliphatic carboxylic acids is 2. The summed E-state index contributed by atoms with van der Waals surface area (Å²) in [6.45, 7) is 2.87. The Hall–Kier alpha value is -3.42. The highest BCUT2D eigenvalue weighted by Crippen LogP contribution is 2.13. The van der Waals surface area contributed by atoms with Crippen LogP contribution >= 0.6 is 0 Å². The van der Waals surface area contributed by atoms with E-state index in [1.807, 2.05) is 23.0 Å². The minimum Gasteiger partial charge on any atom is -0.478 e. The highest BCUT2D eigenvalue weighted by Gasteiger charge is 2.05. The van der Waals surface area contributed by atoms with Crippen LogP contribution in [-0.4, -0.2) is 44.6 Å². The van der Waals surface area contributed by atoms with E-state index in [0.29, 0.717) is 17.7 Å². The number of rotatable bonds is 6. The Morgan fingerprint density at radius 2 is 1.75 bits per heavy atom. The molecule has 8 nitrogen and oxygen atoms in total. The van der Waals surface area contributed by atoms with E-state index in [4.69, 9.17) is 10.2 Å². The van der Waals surface area contributed by atoms with Gasteiger partial charge < -0.3 is 10.2 Å². The van der Waals surface area contributed by atoms with Crippen molar-refractivity contribution in [1.29, 1.82) is 0 Å². The summed E-state index contributed by atoms with van der Waals surface area (Å²) in [5.41, 5.74) is 1.72. The highest BCUT2D eigenvalue weighted by atomic mass is 16.4. The second-order valence-electron chi connectivity index (χ2n) is 4.37. The number of aldehydes is 1. The Morgan fingerprint density at radius 3 is 2.17 bits per heavy atom. The van der Waals surface area contributed by atoms with Crippen LogP contribution in [0.2, 0.25) is 0 Å². The molecule has 0 unspecified atom stereocenters. The third-order valence-corrected chi connectivity index (χ3v) is 2.74. The Balaban J connectivity index is 0.000000307. The fourth-order valence-corrected chi connectivity index (χ4v) is 1.76. The van der Waals surface area contributed by atoms with E-state index in [1.54, 1.807) is 24.7 Å². The lowest BCUT2D eigenvalue weighted by molar-refractivity contribution is -0.134. The molecule has 0 bridgehead atoms. The summed E-state index contributed by atoms with van der Waals surface area (Å²) in [6.07, 6.45) is 9.14. The number of nitrogens with zero attached hydrogens (tertiary/aromatic N) is 3. The standard InChI is InChI=1S/C12H13N3O.C4H4O4/c1-2-15(12-3-6-13-7-4-12)14-8-5-11(9-14)10-16;5-3(6)1-2-4(7)8/h3-10H,2H2,1H3;1-2H,(H,5,6)(H,7,8)/b;2-1-. The first kappa shape index (κ1) is 18.6. The predicted molar refractivity (Wildman–Crippen MR) is 86.9 cm³/mol. The fourth-order valence-electron chi connectivity index (χ4n) is 1.76. The molecule has 0 aromatic carbocycles. The molecule has 24 heavy (non-hydrogen) atoms. The van der Waals surface area contributed by atoms with Crippen LogP contribution in [0, 0.1) is 0 Å². The van der Waals surface area contributed by atoms with E-state index in [-0.39, 0.29) is 0 Å². The van der Waals surface area contributed by atoms with Crippen LogP contribution in [-0.2, 0) is 9.59 Å². The van der Waals surface area contributed by atoms with Crippen molar-refractivity contribution < 1.29 is 24.6 Å². The minimum absolute atomic E-state index is 0.558. The molecule has 0 saturated carbocycles. The van der Waals surface area contributed by atoms with Gasteiger partial charge in [0.25, 0.3) is 0 Å². The quantitative estimate of drug-likeness (QED) is 0.612. The van der Waals surface area contributed by atoms with Crippen molar-refractivity contribution in [3.05, 3.63) is 60.7 Å². The minimum atomic E-state index is -1.26. The Kier molecular flexibility index (Phi) is 7.43. The maximum absolute atomic E-state index is 10.6. The van der Waals surface area contributed by atoms with Gasteiger partial charge in [-0.05, 0) is 25.1 Å². The molecule has 2 N–H and O–H groups in total. The summed E-state index contributed by atoms with van der Waals surface area (Å²) < 4.78 is 1.90. The second kappa shape index (κ2) is 9.57. The summed E-state index contributed by atoms with van der Waals surface area (Å²) in [6, 6.07) is 5.66. The molecule has 126 valence electrons. The van der Waals surface area contributed by atoms with Crippen molar-refractivity contribution in [3.8, 4) is 0 Å². The zero-order chi connectivity index (χ0) is 17.9. The van der Waals surface area contributed by atoms with E-state index < -0.39 is 11.9 Å². The lowest BCUT2D eigenvalue weighted by atomic mass is 10.4. The molecule has 0 atom stereocenters. The van der Waals surface area contributed by atoms with Gasteiger partial charge in [0.1, 0.15) is 0 Å². The normalized spacial score (nSPS) is 9.88. The van der Waals surface area contributed by atoms with Gasteiger partial charge in [0, 0.05) is 49.0 Å². The van der Waals surface area contributed by atoms with Gasteiger partial charge in [0.2, 0.25) is 0 Å². The van der Waals surface area contributed by atoms with Gasteiger partial charge in [0.15, 0.2) is 6.29 Å². The first-order chi connectivity index (χ1) is 11.5. The SMILES string of the molecule is CCN(c1ccncc1)n1ccc(C=O)c1.O=C(O)/C=C\C(=O)O. The summed E-state index contributed by atoms with van der Waals surface area (Å²) in [7, 11) is 0. The Labute approximate surface area is 138 Å². The second-order valence-corrected chi connectivity index (χ2v) is 4.37. The zero-order valence-electron chi connectivity index (χ0n) is 12.9. The topological polar surface area (TPSA) is 113 Å². The van der Waals surface area contributed by atoms with Crippen LogP contribution in [0.25, 0.3) is 0 Å². The average Bonchev–Trinajstić information content (AvgIpc) is 3.04. The van der Waals surface area contributed by atoms with Crippen LogP contribution in [0.4, 0.5) is 5.69 Å². The van der Waals surface area contributed by atoms with Gasteiger partial charge in [-0.3, -0.25) is 19.5 Å². The number of hydrogen-bond donors (Lipinski definition) is 2. The lowest BCUT2D eigenvalue weighted by Crippen LogP contribution is -2.27. The molecule has 0 aliphatic heterocycles. The number of pyridine rings is 1. The lowest BCUT2D eigenvalue weighted by Gasteiger charge is -2.24. The van der Waals surface area contributed by atoms with Crippen molar-refractivity contribution in [3.63, 3.8) is 0 Å². The van der Waals surface area contributed by atoms with Crippen LogP contribution in [0.15, 0.2) is 55.1 Å². The molecule has 0 aliphatic carbocycles. The van der Waals surface area contributed by atoms with Gasteiger partial charge in [-0.25, -0.2) is 9.59 Å². The van der Waals surface area contributed by atoms with Gasteiger partial charge in [-0.2, -0.15) is 0 Å². The Morgan fingerprint density at radius 1 is 1.17 bits per heavy atom. The summed E-state index contributed by atoms with van der Waals surface area (Å²) in [4.78, 5) is 33.7. The van der Waals surface area contributed by atoms with Crippen LogP contribution in [0.5, 0.6) is 0 Å². The molecule has 0 saturated heterocycles. The maximum atomic E-state index is 10.6. The molecule has 0 radical (unpaired) electrons. The summed E-state index contributed by atoms with van der Waals surface area (Å²) in [5.74, 6) is -2.51. The van der Waals surface area contributed by atoms with Gasteiger partial charge in [0.05, 0.1) is 5.69 Å². The largest absolute Gasteiger partial charge is 0.478 e. The number of aromatic nitrogens is 2. The van der Waals surface area contributed by atoms with Crippen molar-refractivity contribution >= 4 is 23.9 Å². The third-order valence-electron chi connectivity index (χ3n) is 2.74. The molecule has 0 spiro atoms. The van der Waals surface area contributed by atoms with E-state index in [2.05, 4.69) is 16.9 Å². The van der Waals surface area contributed by atoms with E-state index in [0.717, 1.165) is 18.5 Å². The molecule has 2 aromatic heterocycles. The first-order valence-electron chi connectivity index (χ1n) is 6.92. The smallest absolute Gasteiger partial charge is 0.328 e. The van der Waals surface area contributed by atoms with Gasteiger partial charge >= 0.3 is 11.9 Å². The predicted octanol–water partition coefficient (Wildman–Crippen LogP) is 1.70. The van der Waals surface area contributed by atoms with Crippen molar-refractivity contribution in [1.82, 2.24) is 9.66 Å². The number of hydrogen-bond acceptors (Lipinski definition) is 5. The number of carboxylic acid groups (broad SMARTS) is 2. The Bertz CT molecular complexity index is 694. The maximum Gasteiger partial charge on any atom is 0.328 e. The fraction of sp³-hybridized carbons (Fsp3) is 0.125. The molecular weight excluding hydrogens is 314 g/mol. The first-order valence-corrected chi connectivity index (χ1v) is 6.92. The number of carbonyl (C=O) groups is 3. The summed E-state index contributed by atoms with van der Waals surface area (Å²) >= 11 is 0. The molecule has 2 heterocycles. The van der Waals surface area contributed by atoms with Gasteiger partial charge in [-0.15, -0.1) is 0 Å².